The zero-order chi connectivity index (χ0) is 18.5. The van der Waals surface area contributed by atoms with E-state index < -0.39 is 0 Å². The summed E-state index contributed by atoms with van der Waals surface area (Å²) in [5.41, 5.74) is 2.27. The third-order valence-corrected chi connectivity index (χ3v) is 4.52. The van der Waals surface area contributed by atoms with Gasteiger partial charge in [0.25, 0.3) is 0 Å². The van der Waals surface area contributed by atoms with Crippen LogP contribution >= 0.6 is 11.3 Å². The van der Waals surface area contributed by atoms with E-state index in [1.54, 1.807) is 18.2 Å². The third-order valence-electron chi connectivity index (χ3n) is 3.68. The lowest BCUT2D eigenvalue weighted by molar-refractivity contribution is -0.115. The number of H-pyrrole nitrogens is 1. The first-order valence-corrected chi connectivity index (χ1v) is 9.22. The summed E-state index contributed by atoms with van der Waals surface area (Å²) in [5, 5.41) is 2.86. The SMILES string of the molecule is CCOc1ccc(CC(=O)Nc2ccc3[nH]c(=O)sc3c2)cc1OCC. The number of thiazole rings is 1. The fourth-order valence-corrected chi connectivity index (χ4v) is 3.39. The minimum absolute atomic E-state index is 0.110. The largest absolute Gasteiger partial charge is 0.490 e. The number of hydrogen-bond acceptors (Lipinski definition) is 5. The molecular formula is C19H20N2O4S. The van der Waals surface area contributed by atoms with Crippen molar-refractivity contribution >= 4 is 33.1 Å². The van der Waals surface area contributed by atoms with Crippen molar-refractivity contribution in [2.75, 3.05) is 18.5 Å². The van der Waals surface area contributed by atoms with Gasteiger partial charge >= 0.3 is 4.87 Å². The van der Waals surface area contributed by atoms with E-state index in [1.165, 1.54) is 0 Å². The smallest absolute Gasteiger partial charge is 0.305 e. The number of benzene rings is 2. The van der Waals surface area contributed by atoms with Crippen LogP contribution in [0, 0.1) is 0 Å². The zero-order valence-corrected chi connectivity index (χ0v) is 15.4. The van der Waals surface area contributed by atoms with Gasteiger partial charge in [-0.2, -0.15) is 0 Å². The van der Waals surface area contributed by atoms with Gasteiger partial charge in [0.15, 0.2) is 11.5 Å². The predicted octanol–water partition coefficient (Wildman–Crippen LogP) is 3.57. The first-order valence-electron chi connectivity index (χ1n) is 8.40. The third kappa shape index (κ3) is 4.23. The lowest BCUT2D eigenvalue weighted by Crippen LogP contribution is -2.14. The van der Waals surface area contributed by atoms with Crippen molar-refractivity contribution in [2.45, 2.75) is 20.3 Å². The zero-order valence-electron chi connectivity index (χ0n) is 14.6. The van der Waals surface area contributed by atoms with Crippen LogP contribution in [0.15, 0.2) is 41.2 Å². The van der Waals surface area contributed by atoms with Crippen molar-refractivity contribution in [1.29, 1.82) is 0 Å². The molecule has 0 spiro atoms. The van der Waals surface area contributed by atoms with Gasteiger partial charge in [-0.15, -0.1) is 0 Å². The molecule has 7 heteroatoms. The number of fused-ring (bicyclic) bond motifs is 1. The molecule has 0 aliphatic heterocycles. The molecule has 136 valence electrons. The maximum atomic E-state index is 12.4. The number of hydrogen-bond donors (Lipinski definition) is 2. The monoisotopic (exact) mass is 372 g/mol. The molecule has 6 nitrogen and oxygen atoms in total. The maximum Gasteiger partial charge on any atom is 0.305 e. The molecule has 0 radical (unpaired) electrons. The van der Waals surface area contributed by atoms with Crippen LogP contribution in [0.1, 0.15) is 19.4 Å². The standard InChI is InChI=1S/C19H20N2O4S/c1-3-24-15-8-5-12(9-16(15)25-4-2)10-18(22)20-13-6-7-14-17(11-13)26-19(23)21-14/h5-9,11H,3-4,10H2,1-2H3,(H,20,22)(H,21,23). The highest BCUT2D eigenvalue weighted by Crippen LogP contribution is 2.29. The summed E-state index contributed by atoms with van der Waals surface area (Å²) in [5.74, 6) is 1.17. The number of rotatable bonds is 7. The van der Waals surface area contributed by atoms with Gasteiger partial charge in [0, 0.05) is 5.69 Å². The van der Waals surface area contributed by atoms with E-state index in [-0.39, 0.29) is 17.2 Å². The predicted molar refractivity (Wildman–Crippen MR) is 104 cm³/mol. The number of nitrogens with one attached hydrogen (secondary N) is 2. The average molecular weight is 372 g/mol. The van der Waals surface area contributed by atoms with Gasteiger partial charge < -0.3 is 19.8 Å². The van der Waals surface area contributed by atoms with Crippen molar-refractivity contribution in [3.8, 4) is 11.5 Å². The van der Waals surface area contributed by atoms with Gasteiger partial charge in [-0.3, -0.25) is 9.59 Å². The second-order valence-corrected chi connectivity index (χ2v) is 6.61. The van der Waals surface area contributed by atoms with Crippen LogP contribution in [0.25, 0.3) is 10.2 Å². The van der Waals surface area contributed by atoms with Gasteiger partial charge in [-0.25, -0.2) is 0 Å². The Morgan fingerprint density at radius 1 is 1.08 bits per heavy atom. The molecule has 1 heterocycles. The number of carbonyl (C=O) groups is 1. The molecule has 3 rings (SSSR count). The summed E-state index contributed by atoms with van der Waals surface area (Å²) in [6.45, 7) is 4.89. The number of amides is 1. The first-order chi connectivity index (χ1) is 12.6. The van der Waals surface area contributed by atoms with E-state index >= 15 is 0 Å². The van der Waals surface area contributed by atoms with Crippen LogP contribution in [0.2, 0.25) is 0 Å². The molecule has 0 saturated heterocycles. The van der Waals surface area contributed by atoms with Crippen molar-refractivity contribution in [3.05, 3.63) is 51.6 Å². The van der Waals surface area contributed by atoms with Gasteiger partial charge in [-0.05, 0) is 49.7 Å². The highest BCUT2D eigenvalue weighted by molar-refractivity contribution is 7.16. The van der Waals surface area contributed by atoms with E-state index in [1.807, 2.05) is 32.0 Å². The van der Waals surface area contributed by atoms with E-state index in [2.05, 4.69) is 10.3 Å². The van der Waals surface area contributed by atoms with Crippen LogP contribution < -0.4 is 19.7 Å². The molecule has 0 bridgehead atoms. The van der Waals surface area contributed by atoms with Crippen molar-refractivity contribution in [2.24, 2.45) is 0 Å². The molecule has 2 aromatic carbocycles. The fraction of sp³-hybridized carbons (Fsp3) is 0.263. The Morgan fingerprint density at radius 2 is 1.85 bits per heavy atom. The van der Waals surface area contributed by atoms with Crippen molar-refractivity contribution < 1.29 is 14.3 Å². The normalized spacial score (nSPS) is 10.7. The molecule has 0 aliphatic carbocycles. The Hall–Kier alpha value is -2.80. The van der Waals surface area contributed by atoms with Crippen molar-refractivity contribution in [1.82, 2.24) is 4.98 Å². The summed E-state index contributed by atoms with van der Waals surface area (Å²) in [4.78, 5) is 26.4. The minimum Gasteiger partial charge on any atom is -0.490 e. The molecular weight excluding hydrogens is 352 g/mol. The summed E-state index contributed by atoms with van der Waals surface area (Å²) in [7, 11) is 0. The average Bonchev–Trinajstić information content (AvgIpc) is 2.97. The quantitative estimate of drug-likeness (QED) is 0.664. The molecule has 0 unspecified atom stereocenters. The second-order valence-electron chi connectivity index (χ2n) is 5.60. The Labute approximate surface area is 154 Å². The summed E-state index contributed by atoms with van der Waals surface area (Å²) in [6.07, 6.45) is 0.216. The Balaban J connectivity index is 1.71. The van der Waals surface area contributed by atoms with E-state index in [0.29, 0.717) is 30.4 Å². The molecule has 0 atom stereocenters. The molecule has 0 aliphatic rings. The lowest BCUT2D eigenvalue weighted by atomic mass is 10.1. The van der Waals surface area contributed by atoms with E-state index in [4.69, 9.17) is 9.47 Å². The molecule has 1 aromatic heterocycles. The van der Waals surface area contributed by atoms with E-state index in [9.17, 15) is 9.59 Å². The number of carbonyl (C=O) groups excluding carboxylic acids is 1. The Bertz CT molecular complexity index is 977. The Morgan fingerprint density at radius 3 is 2.62 bits per heavy atom. The summed E-state index contributed by atoms with van der Waals surface area (Å²) < 4.78 is 11.9. The molecule has 3 aromatic rings. The van der Waals surface area contributed by atoms with Gasteiger partial charge in [0.05, 0.1) is 29.9 Å². The number of anilines is 1. The minimum atomic E-state index is -0.140. The van der Waals surface area contributed by atoms with Crippen LogP contribution in [-0.2, 0) is 11.2 Å². The number of ether oxygens (including phenoxy) is 2. The topological polar surface area (TPSA) is 80.4 Å². The van der Waals surface area contributed by atoms with Crippen LogP contribution in [0.5, 0.6) is 11.5 Å². The molecule has 0 saturated carbocycles. The maximum absolute atomic E-state index is 12.4. The number of aromatic nitrogens is 1. The van der Waals surface area contributed by atoms with Crippen LogP contribution in [-0.4, -0.2) is 24.1 Å². The summed E-state index contributed by atoms with van der Waals surface area (Å²) >= 11 is 1.12. The molecule has 26 heavy (non-hydrogen) atoms. The van der Waals surface area contributed by atoms with Crippen molar-refractivity contribution in [3.63, 3.8) is 0 Å². The first kappa shape index (κ1) is 18.0. The van der Waals surface area contributed by atoms with E-state index in [0.717, 1.165) is 27.1 Å². The Kier molecular flexibility index (Phi) is 5.58. The molecule has 1 amide bonds. The molecule has 2 N–H and O–H groups in total. The lowest BCUT2D eigenvalue weighted by Gasteiger charge is -2.12. The van der Waals surface area contributed by atoms with Crippen LogP contribution in [0.3, 0.4) is 0 Å². The van der Waals surface area contributed by atoms with Gasteiger partial charge in [0.1, 0.15) is 0 Å². The van der Waals surface area contributed by atoms with Gasteiger partial charge in [0.2, 0.25) is 5.91 Å². The highest BCUT2D eigenvalue weighted by atomic mass is 32.1. The second kappa shape index (κ2) is 8.05. The highest BCUT2D eigenvalue weighted by Gasteiger charge is 2.10. The molecule has 0 fully saturated rings. The van der Waals surface area contributed by atoms with Gasteiger partial charge in [-0.1, -0.05) is 17.4 Å². The summed E-state index contributed by atoms with van der Waals surface area (Å²) in [6, 6.07) is 10.9. The van der Waals surface area contributed by atoms with Crippen LogP contribution in [0.4, 0.5) is 5.69 Å². The fourth-order valence-electron chi connectivity index (χ4n) is 2.62. The number of aromatic amines is 1.